The molecule has 2 aromatic rings. The molecule has 1 heterocycles. The highest BCUT2D eigenvalue weighted by atomic mass is 19.2. The number of benzene rings is 1. The van der Waals surface area contributed by atoms with Gasteiger partial charge in [-0.2, -0.15) is 22.5 Å². The molecule has 0 saturated heterocycles. The number of aromatic nitrogens is 1. The van der Waals surface area contributed by atoms with Gasteiger partial charge in [0.25, 0.3) is 11.9 Å². The van der Waals surface area contributed by atoms with E-state index in [2.05, 4.69) is 10.3 Å². The minimum absolute atomic E-state index is 0.192. The van der Waals surface area contributed by atoms with Gasteiger partial charge in [0, 0.05) is 18.9 Å². The Morgan fingerprint density at radius 3 is 2.36 bits per heavy atom. The maximum atomic E-state index is 13.5. The van der Waals surface area contributed by atoms with Gasteiger partial charge in [-0.1, -0.05) is 6.07 Å². The Morgan fingerprint density at radius 2 is 1.73 bits per heavy atom. The van der Waals surface area contributed by atoms with Gasteiger partial charge in [0.1, 0.15) is 18.0 Å². The summed E-state index contributed by atoms with van der Waals surface area (Å²) in [5, 5.41) is 2.27. The molecule has 0 saturated carbocycles. The van der Waals surface area contributed by atoms with E-state index in [-0.39, 0.29) is 12.3 Å². The summed E-state index contributed by atoms with van der Waals surface area (Å²) < 4.78 is 63.3. The van der Waals surface area contributed by atoms with Crippen molar-refractivity contribution in [1.29, 1.82) is 0 Å². The van der Waals surface area contributed by atoms with Crippen molar-refractivity contribution in [2.75, 3.05) is 25.6 Å². The van der Waals surface area contributed by atoms with Crippen molar-refractivity contribution in [3.05, 3.63) is 47.8 Å². The molecule has 1 N–H and O–H groups in total. The molecule has 1 aromatic heterocycles. The second-order valence-corrected chi connectivity index (χ2v) is 4.19. The van der Waals surface area contributed by atoms with Crippen molar-refractivity contribution < 1.29 is 27.0 Å². The van der Waals surface area contributed by atoms with E-state index in [1.54, 1.807) is 12.1 Å². The lowest BCUT2D eigenvalue weighted by Crippen LogP contribution is -2.07. The average molecular weight is 316 g/mol. The van der Waals surface area contributed by atoms with Gasteiger partial charge in [-0.15, -0.1) is 0 Å². The molecule has 8 heteroatoms. The molecular weight excluding hydrogens is 304 g/mol. The quantitative estimate of drug-likeness (QED) is 0.504. The highest BCUT2D eigenvalue weighted by Crippen LogP contribution is 2.27. The van der Waals surface area contributed by atoms with Gasteiger partial charge >= 0.3 is 0 Å². The maximum absolute atomic E-state index is 13.5. The first kappa shape index (κ1) is 16.0. The van der Waals surface area contributed by atoms with E-state index in [0.29, 0.717) is 12.4 Å². The molecular formula is C14H12F4N2O2. The Bertz CT molecular complexity index is 641. The zero-order chi connectivity index (χ0) is 16.1. The van der Waals surface area contributed by atoms with E-state index in [9.17, 15) is 17.6 Å². The van der Waals surface area contributed by atoms with Crippen LogP contribution in [-0.2, 0) is 4.74 Å². The molecule has 4 nitrogen and oxygen atoms in total. The van der Waals surface area contributed by atoms with Crippen molar-refractivity contribution in [2.24, 2.45) is 0 Å². The Hall–Kier alpha value is -2.35. The summed E-state index contributed by atoms with van der Waals surface area (Å²) in [6.45, 7) is 0.642. The third-order valence-corrected chi connectivity index (χ3v) is 2.66. The lowest BCUT2D eigenvalue weighted by atomic mass is 10.2. The summed E-state index contributed by atoms with van der Waals surface area (Å²) in [4.78, 5) is 2.48. The van der Waals surface area contributed by atoms with E-state index >= 15 is 0 Å². The van der Waals surface area contributed by atoms with Crippen molar-refractivity contribution in [1.82, 2.24) is 4.98 Å². The zero-order valence-electron chi connectivity index (χ0n) is 11.5. The van der Waals surface area contributed by atoms with E-state index in [1.807, 2.05) is 0 Å². The fourth-order valence-corrected chi connectivity index (χ4v) is 1.65. The Labute approximate surface area is 123 Å². The first-order valence-electron chi connectivity index (χ1n) is 6.21. The van der Waals surface area contributed by atoms with Crippen LogP contribution in [0.1, 0.15) is 0 Å². The van der Waals surface area contributed by atoms with Crippen LogP contribution in [0.15, 0.2) is 24.3 Å². The summed E-state index contributed by atoms with van der Waals surface area (Å²) in [5.41, 5.74) is -0.767. The van der Waals surface area contributed by atoms with Gasteiger partial charge in [0.05, 0.1) is 6.61 Å². The number of hydrogen-bond donors (Lipinski definition) is 1. The van der Waals surface area contributed by atoms with Crippen molar-refractivity contribution in [3.8, 4) is 5.75 Å². The largest absolute Gasteiger partial charge is 0.491 e. The van der Waals surface area contributed by atoms with Crippen LogP contribution < -0.4 is 10.1 Å². The molecule has 0 fully saturated rings. The van der Waals surface area contributed by atoms with E-state index in [1.165, 1.54) is 19.2 Å². The second kappa shape index (κ2) is 7.08. The van der Waals surface area contributed by atoms with Crippen LogP contribution in [0, 0.1) is 23.5 Å². The van der Waals surface area contributed by atoms with Crippen LogP contribution in [0.4, 0.5) is 28.9 Å². The highest BCUT2D eigenvalue weighted by molar-refractivity contribution is 5.62. The molecule has 2 rings (SSSR count). The molecule has 0 aliphatic carbocycles. The Balaban J connectivity index is 2.23. The monoisotopic (exact) mass is 316 g/mol. The lowest BCUT2D eigenvalue weighted by molar-refractivity contribution is 0.146. The minimum Gasteiger partial charge on any atom is -0.491 e. The van der Waals surface area contributed by atoms with Gasteiger partial charge < -0.3 is 14.8 Å². The van der Waals surface area contributed by atoms with Crippen molar-refractivity contribution in [2.45, 2.75) is 0 Å². The van der Waals surface area contributed by atoms with Crippen LogP contribution in [0.3, 0.4) is 0 Å². The Kier molecular flexibility index (Phi) is 5.16. The van der Waals surface area contributed by atoms with Crippen LogP contribution in [0.5, 0.6) is 5.75 Å². The number of nitrogens with one attached hydrogen (secondary N) is 1. The van der Waals surface area contributed by atoms with Gasteiger partial charge in [-0.05, 0) is 12.1 Å². The molecule has 0 aliphatic heterocycles. The van der Waals surface area contributed by atoms with Crippen molar-refractivity contribution in [3.63, 3.8) is 0 Å². The molecule has 0 atom stereocenters. The molecule has 0 bridgehead atoms. The van der Waals surface area contributed by atoms with Crippen LogP contribution in [-0.4, -0.2) is 25.3 Å². The SMILES string of the molecule is COCCOc1cccc(Nc2c(F)c(F)nc(F)c2F)c1. The zero-order valence-corrected chi connectivity index (χ0v) is 11.5. The molecule has 0 amide bonds. The number of pyridine rings is 1. The van der Waals surface area contributed by atoms with E-state index in [0.717, 1.165) is 0 Å². The first-order chi connectivity index (χ1) is 10.5. The van der Waals surface area contributed by atoms with Gasteiger partial charge in [-0.3, -0.25) is 0 Å². The fourth-order valence-electron chi connectivity index (χ4n) is 1.65. The average Bonchev–Trinajstić information content (AvgIpc) is 2.50. The number of hydrogen-bond acceptors (Lipinski definition) is 4. The topological polar surface area (TPSA) is 43.4 Å². The number of methoxy groups -OCH3 is 1. The first-order valence-corrected chi connectivity index (χ1v) is 6.21. The molecule has 118 valence electrons. The smallest absolute Gasteiger partial charge is 0.253 e. The van der Waals surface area contributed by atoms with E-state index < -0.39 is 29.2 Å². The summed E-state index contributed by atoms with van der Waals surface area (Å²) >= 11 is 0. The molecule has 0 spiro atoms. The van der Waals surface area contributed by atoms with Crippen LogP contribution >= 0.6 is 0 Å². The maximum Gasteiger partial charge on any atom is 0.253 e. The van der Waals surface area contributed by atoms with Crippen LogP contribution in [0.2, 0.25) is 0 Å². The van der Waals surface area contributed by atoms with Gasteiger partial charge in [0.15, 0.2) is 0 Å². The summed E-state index contributed by atoms with van der Waals surface area (Å²) in [7, 11) is 1.51. The number of rotatable bonds is 6. The summed E-state index contributed by atoms with van der Waals surface area (Å²) in [5.74, 6) is -6.27. The number of nitrogens with zero attached hydrogens (tertiary/aromatic N) is 1. The molecule has 0 aliphatic rings. The van der Waals surface area contributed by atoms with Crippen LogP contribution in [0.25, 0.3) is 0 Å². The fraction of sp³-hybridized carbons (Fsp3) is 0.214. The lowest BCUT2D eigenvalue weighted by Gasteiger charge is -2.11. The molecule has 0 radical (unpaired) electrons. The summed E-state index contributed by atoms with van der Waals surface area (Å²) in [6, 6.07) is 6.04. The predicted molar refractivity (Wildman–Crippen MR) is 71.2 cm³/mol. The number of halogens is 4. The number of ether oxygens (including phenoxy) is 2. The molecule has 22 heavy (non-hydrogen) atoms. The second-order valence-electron chi connectivity index (χ2n) is 4.19. The summed E-state index contributed by atoms with van der Waals surface area (Å²) in [6.07, 6.45) is 0. The minimum atomic E-state index is -1.73. The third-order valence-electron chi connectivity index (χ3n) is 2.66. The normalized spacial score (nSPS) is 10.6. The Morgan fingerprint density at radius 1 is 1.05 bits per heavy atom. The van der Waals surface area contributed by atoms with Gasteiger partial charge in [0.2, 0.25) is 11.6 Å². The molecule has 0 unspecified atom stereocenters. The third kappa shape index (κ3) is 3.64. The van der Waals surface area contributed by atoms with Gasteiger partial charge in [-0.25, -0.2) is 0 Å². The molecule has 1 aromatic carbocycles. The van der Waals surface area contributed by atoms with E-state index in [4.69, 9.17) is 9.47 Å². The van der Waals surface area contributed by atoms with Crippen molar-refractivity contribution >= 4 is 11.4 Å². The number of anilines is 2. The standard InChI is InChI=1S/C14H12F4N2O2/c1-21-5-6-22-9-4-2-3-8(7-9)19-12-10(15)13(17)20-14(18)11(12)16/h2-4,7H,5-6H2,1H3,(H,19,20). The predicted octanol–water partition coefficient (Wildman–Crippen LogP) is 3.41. The highest BCUT2D eigenvalue weighted by Gasteiger charge is 2.20.